The van der Waals surface area contributed by atoms with Gasteiger partial charge in [-0.1, -0.05) is 0 Å². The van der Waals surface area contributed by atoms with Crippen LogP contribution >= 0.6 is 15.9 Å². The Balaban J connectivity index is 2.04. The highest BCUT2D eigenvalue weighted by molar-refractivity contribution is 9.10. The molecule has 1 aromatic carbocycles. The lowest BCUT2D eigenvalue weighted by Crippen LogP contribution is -2.05. The molecule has 1 aliphatic rings. The van der Waals surface area contributed by atoms with Crippen LogP contribution in [-0.2, 0) is 9.84 Å². The van der Waals surface area contributed by atoms with Gasteiger partial charge >= 0.3 is 0 Å². The van der Waals surface area contributed by atoms with Crippen LogP contribution in [0.2, 0.25) is 0 Å². The number of fused-ring (bicyclic) bond motifs is 1. The highest BCUT2D eigenvalue weighted by Crippen LogP contribution is 2.41. The molecule has 5 nitrogen and oxygen atoms in total. The van der Waals surface area contributed by atoms with Crippen LogP contribution in [0.5, 0.6) is 11.5 Å². The molecule has 0 spiro atoms. The number of sulfone groups is 1. The SMILES string of the molecule is CS(=O)(=O)CCCC(O)c1cc(Br)c2c(c1)OCO2. The zero-order chi connectivity index (χ0) is 14.0. The zero-order valence-corrected chi connectivity index (χ0v) is 12.8. The van der Waals surface area contributed by atoms with E-state index in [9.17, 15) is 13.5 Å². The van der Waals surface area contributed by atoms with Crippen LogP contribution in [0.1, 0.15) is 24.5 Å². The Kier molecular flexibility index (Phi) is 4.37. The fourth-order valence-corrected chi connectivity index (χ4v) is 3.15. The maximum Gasteiger partial charge on any atom is 0.231 e. The van der Waals surface area contributed by atoms with E-state index < -0.39 is 15.9 Å². The summed E-state index contributed by atoms with van der Waals surface area (Å²) < 4.78 is 33.3. The predicted octanol–water partition coefficient (Wildman–Crippen LogP) is 2.04. The molecule has 1 unspecified atom stereocenters. The molecule has 19 heavy (non-hydrogen) atoms. The molecule has 0 amide bonds. The molecule has 0 aromatic heterocycles. The second-order valence-electron chi connectivity index (χ2n) is 4.52. The third-order valence-corrected chi connectivity index (χ3v) is 4.45. The van der Waals surface area contributed by atoms with Crippen molar-refractivity contribution in [3.8, 4) is 11.5 Å². The second kappa shape index (κ2) is 5.68. The molecule has 0 bridgehead atoms. The molecular formula is C12H15BrO5S. The van der Waals surface area contributed by atoms with E-state index in [-0.39, 0.29) is 12.5 Å². The summed E-state index contributed by atoms with van der Waals surface area (Å²) in [4.78, 5) is 0. The Morgan fingerprint density at radius 3 is 2.84 bits per heavy atom. The average molecular weight is 351 g/mol. The van der Waals surface area contributed by atoms with Crippen molar-refractivity contribution < 1.29 is 23.0 Å². The van der Waals surface area contributed by atoms with Crippen molar-refractivity contribution in [2.75, 3.05) is 18.8 Å². The summed E-state index contributed by atoms with van der Waals surface area (Å²) in [6.07, 6.45) is 1.29. The van der Waals surface area contributed by atoms with Gasteiger partial charge in [0.05, 0.1) is 10.6 Å². The van der Waals surface area contributed by atoms with Gasteiger partial charge in [-0.3, -0.25) is 0 Å². The predicted molar refractivity (Wildman–Crippen MR) is 74.2 cm³/mol. The summed E-state index contributed by atoms with van der Waals surface area (Å²) in [7, 11) is -2.98. The minimum atomic E-state index is -2.98. The van der Waals surface area contributed by atoms with E-state index in [1.54, 1.807) is 12.1 Å². The van der Waals surface area contributed by atoms with Crippen LogP contribution < -0.4 is 9.47 Å². The van der Waals surface area contributed by atoms with Crippen LogP contribution in [0.25, 0.3) is 0 Å². The van der Waals surface area contributed by atoms with E-state index in [1.165, 1.54) is 6.26 Å². The summed E-state index contributed by atoms with van der Waals surface area (Å²) in [5, 5.41) is 10.1. The maximum absolute atomic E-state index is 11.0. The summed E-state index contributed by atoms with van der Waals surface area (Å²) in [6, 6.07) is 3.48. The molecule has 0 fully saturated rings. The number of rotatable bonds is 5. The van der Waals surface area contributed by atoms with Crippen LogP contribution in [0.4, 0.5) is 0 Å². The number of halogens is 1. The molecule has 1 atom stereocenters. The summed E-state index contributed by atoms with van der Waals surface area (Å²) >= 11 is 3.35. The Hall–Kier alpha value is -0.790. The monoisotopic (exact) mass is 350 g/mol. The van der Waals surface area contributed by atoms with Gasteiger partial charge in [0.1, 0.15) is 9.84 Å². The largest absolute Gasteiger partial charge is 0.454 e. The van der Waals surface area contributed by atoms with Gasteiger partial charge in [0.2, 0.25) is 6.79 Å². The average Bonchev–Trinajstić information content (AvgIpc) is 2.75. The number of hydrogen-bond donors (Lipinski definition) is 1. The molecule has 1 aliphatic heterocycles. The number of aliphatic hydroxyl groups is 1. The van der Waals surface area contributed by atoms with Gasteiger partial charge < -0.3 is 14.6 Å². The lowest BCUT2D eigenvalue weighted by molar-refractivity contribution is 0.165. The van der Waals surface area contributed by atoms with E-state index in [1.807, 2.05) is 0 Å². The van der Waals surface area contributed by atoms with Crippen molar-refractivity contribution in [3.63, 3.8) is 0 Å². The molecule has 2 rings (SSSR count). The van der Waals surface area contributed by atoms with Gasteiger partial charge in [-0.25, -0.2) is 8.42 Å². The van der Waals surface area contributed by atoms with E-state index in [0.29, 0.717) is 29.9 Å². The van der Waals surface area contributed by atoms with Gasteiger partial charge in [-0.05, 0) is 46.5 Å². The smallest absolute Gasteiger partial charge is 0.231 e. The fourth-order valence-electron chi connectivity index (χ4n) is 1.89. The lowest BCUT2D eigenvalue weighted by Gasteiger charge is -2.12. The number of aliphatic hydroxyl groups excluding tert-OH is 1. The maximum atomic E-state index is 11.0. The van der Waals surface area contributed by atoms with Crippen LogP contribution in [-0.4, -0.2) is 32.3 Å². The van der Waals surface area contributed by atoms with E-state index >= 15 is 0 Å². The first kappa shape index (κ1) is 14.6. The van der Waals surface area contributed by atoms with Gasteiger partial charge in [-0.15, -0.1) is 0 Å². The molecule has 0 saturated heterocycles. The Morgan fingerprint density at radius 2 is 2.16 bits per heavy atom. The third-order valence-electron chi connectivity index (χ3n) is 2.83. The van der Waals surface area contributed by atoms with E-state index in [0.717, 1.165) is 4.47 Å². The minimum absolute atomic E-state index is 0.0791. The molecule has 1 heterocycles. The van der Waals surface area contributed by atoms with E-state index in [2.05, 4.69) is 15.9 Å². The highest BCUT2D eigenvalue weighted by Gasteiger charge is 2.20. The van der Waals surface area contributed by atoms with Crippen LogP contribution in [0.3, 0.4) is 0 Å². The van der Waals surface area contributed by atoms with Crippen LogP contribution in [0, 0.1) is 0 Å². The number of ether oxygens (including phenoxy) is 2. The normalized spacial score (nSPS) is 15.5. The Morgan fingerprint density at radius 1 is 1.42 bits per heavy atom. The Labute approximate surface area is 120 Å². The molecule has 1 aromatic rings. The first-order valence-electron chi connectivity index (χ1n) is 5.81. The van der Waals surface area contributed by atoms with Crippen molar-refractivity contribution >= 4 is 25.8 Å². The van der Waals surface area contributed by atoms with E-state index in [4.69, 9.17) is 9.47 Å². The summed E-state index contributed by atoms with van der Waals surface area (Å²) in [6.45, 7) is 0.168. The third kappa shape index (κ3) is 3.84. The molecule has 0 saturated carbocycles. The van der Waals surface area contributed by atoms with Gasteiger partial charge in [0.25, 0.3) is 0 Å². The van der Waals surface area contributed by atoms with Crippen molar-refractivity contribution in [1.82, 2.24) is 0 Å². The molecule has 0 aliphatic carbocycles. The molecule has 7 heteroatoms. The quantitative estimate of drug-likeness (QED) is 0.879. The lowest BCUT2D eigenvalue weighted by atomic mass is 10.0. The summed E-state index contributed by atoms with van der Waals surface area (Å²) in [5.74, 6) is 1.30. The van der Waals surface area contributed by atoms with Crippen molar-refractivity contribution in [2.45, 2.75) is 18.9 Å². The van der Waals surface area contributed by atoms with Crippen LogP contribution in [0.15, 0.2) is 16.6 Å². The standard InChI is InChI=1S/C12H15BrO5S/c1-19(15,16)4-2-3-10(14)8-5-9(13)12-11(6-8)17-7-18-12/h5-6,10,14H,2-4,7H2,1H3. The summed E-state index contributed by atoms with van der Waals surface area (Å²) in [5.41, 5.74) is 0.685. The van der Waals surface area contributed by atoms with Crippen molar-refractivity contribution in [1.29, 1.82) is 0 Å². The molecule has 106 valence electrons. The number of hydrogen-bond acceptors (Lipinski definition) is 5. The molecule has 1 N–H and O–H groups in total. The van der Waals surface area contributed by atoms with Crippen molar-refractivity contribution in [3.05, 3.63) is 22.2 Å². The molecular weight excluding hydrogens is 336 g/mol. The first-order chi connectivity index (χ1) is 8.87. The highest BCUT2D eigenvalue weighted by atomic mass is 79.9. The van der Waals surface area contributed by atoms with Gasteiger partial charge in [0, 0.05) is 12.0 Å². The molecule has 0 radical (unpaired) electrons. The topological polar surface area (TPSA) is 72.8 Å². The van der Waals surface area contributed by atoms with Gasteiger partial charge in [0.15, 0.2) is 11.5 Å². The Bertz CT molecular complexity index is 570. The first-order valence-corrected chi connectivity index (χ1v) is 8.67. The minimum Gasteiger partial charge on any atom is -0.454 e. The fraction of sp³-hybridized carbons (Fsp3) is 0.500. The second-order valence-corrected chi connectivity index (χ2v) is 7.64. The van der Waals surface area contributed by atoms with Gasteiger partial charge in [-0.2, -0.15) is 0 Å². The van der Waals surface area contributed by atoms with Crippen molar-refractivity contribution in [2.24, 2.45) is 0 Å². The number of benzene rings is 1. The zero-order valence-electron chi connectivity index (χ0n) is 10.4.